The Morgan fingerprint density at radius 2 is 2.15 bits per heavy atom. The van der Waals surface area contributed by atoms with Crippen molar-refractivity contribution < 1.29 is 23.0 Å². The topological polar surface area (TPSA) is 92.2 Å². The van der Waals surface area contributed by atoms with Gasteiger partial charge in [-0.25, -0.2) is 4.98 Å². The van der Waals surface area contributed by atoms with Crippen molar-refractivity contribution in [3.63, 3.8) is 0 Å². The maximum Gasteiger partial charge on any atom is 0.416 e. The molecule has 140 valence electrons. The lowest BCUT2D eigenvalue weighted by atomic mass is 10.1. The fourth-order valence-electron chi connectivity index (χ4n) is 2.59. The van der Waals surface area contributed by atoms with Crippen LogP contribution in [-0.4, -0.2) is 52.6 Å². The van der Waals surface area contributed by atoms with Crippen molar-refractivity contribution in [3.05, 3.63) is 29.5 Å². The number of alkyl halides is 3. The normalized spacial score (nSPS) is 17.9. The van der Waals surface area contributed by atoms with Crippen molar-refractivity contribution in [2.75, 3.05) is 31.6 Å². The van der Waals surface area contributed by atoms with Crippen LogP contribution in [0, 0.1) is 6.92 Å². The molecule has 0 unspecified atom stereocenters. The summed E-state index contributed by atoms with van der Waals surface area (Å²) < 4.78 is 43.6. The number of hydrogen-bond acceptors (Lipinski definition) is 7. The molecule has 1 fully saturated rings. The molecule has 7 nitrogen and oxygen atoms in total. The Kier molecular flexibility index (Phi) is 5.23. The number of phenolic OH excluding ortho intramolecular Hbond substituents is 1. The van der Waals surface area contributed by atoms with Crippen molar-refractivity contribution in [3.8, 4) is 17.0 Å². The molecule has 1 saturated heterocycles. The summed E-state index contributed by atoms with van der Waals surface area (Å²) in [6.07, 6.45) is -4.54. The first kappa shape index (κ1) is 18.3. The summed E-state index contributed by atoms with van der Waals surface area (Å²) in [5, 5.41) is 24.1. The summed E-state index contributed by atoms with van der Waals surface area (Å²) in [6.45, 7) is 4.32. The number of morpholine rings is 1. The number of nitrogens with zero attached hydrogens (tertiary/aromatic N) is 3. The molecule has 0 amide bonds. The molecule has 3 N–H and O–H groups in total. The first-order valence-electron chi connectivity index (χ1n) is 8.02. The van der Waals surface area contributed by atoms with Gasteiger partial charge >= 0.3 is 6.18 Å². The molecule has 1 aromatic carbocycles. The second-order valence-corrected chi connectivity index (χ2v) is 5.88. The van der Waals surface area contributed by atoms with Crippen LogP contribution in [0.2, 0.25) is 0 Å². The lowest BCUT2D eigenvalue weighted by Crippen LogP contribution is -2.42. The fraction of sp³-hybridized carbons (Fsp3) is 0.438. The Hall–Kier alpha value is -2.46. The maximum atomic E-state index is 12.7. The molecule has 0 bridgehead atoms. The molecule has 3 rings (SSSR count). The average Bonchev–Trinajstić information content (AvgIpc) is 2.60. The molecule has 26 heavy (non-hydrogen) atoms. The highest BCUT2D eigenvalue weighted by atomic mass is 19.4. The molecule has 0 aliphatic carbocycles. The summed E-state index contributed by atoms with van der Waals surface area (Å²) in [4.78, 5) is 4.25. The first-order chi connectivity index (χ1) is 12.3. The predicted molar refractivity (Wildman–Crippen MR) is 87.8 cm³/mol. The largest absolute Gasteiger partial charge is 0.507 e. The van der Waals surface area contributed by atoms with E-state index >= 15 is 0 Å². The van der Waals surface area contributed by atoms with E-state index in [1.807, 2.05) is 0 Å². The lowest BCUT2D eigenvalue weighted by Gasteiger charge is -2.23. The Balaban J connectivity index is 1.75. The highest BCUT2D eigenvalue weighted by molar-refractivity contribution is 5.69. The second-order valence-electron chi connectivity index (χ2n) is 5.88. The quantitative estimate of drug-likeness (QED) is 0.759. The Bertz CT molecular complexity index is 779. The highest BCUT2D eigenvalue weighted by Gasteiger charge is 2.31. The molecule has 1 atom stereocenters. The van der Waals surface area contributed by atoms with E-state index in [1.165, 1.54) is 0 Å². The summed E-state index contributed by atoms with van der Waals surface area (Å²) in [7, 11) is 0. The van der Waals surface area contributed by atoms with Gasteiger partial charge in [0, 0.05) is 25.2 Å². The van der Waals surface area contributed by atoms with Gasteiger partial charge < -0.3 is 20.5 Å². The van der Waals surface area contributed by atoms with Gasteiger partial charge in [0.15, 0.2) is 0 Å². The van der Waals surface area contributed by atoms with Gasteiger partial charge in [0.2, 0.25) is 5.95 Å². The molecule has 2 heterocycles. The van der Waals surface area contributed by atoms with Crippen molar-refractivity contribution in [1.82, 2.24) is 20.5 Å². The number of aromatic nitrogens is 3. The van der Waals surface area contributed by atoms with Crippen molar-refractivity contribution in [1.29, 1.82) is 0 Å². The Labute approximate surface area is 147 Å². The van der Waals surface area contributed by atoms with E-state index in [0.717, 1.165) is 25.2 Å². The smallest absolute Gasteiger partial charge is 0.416 e. The van der Waals surface area contributed by atoms with E-state index < -0.39 is 17.5 Å². The summed E-state index contributed by atoms with van der Waals surface area (Å²) >= 11 is 0. The number of anilines is 1. The van der Waals surface area contributed by atoms with Crippen molar-refractivity contribution >= 4 is 5.95 Å². The zero-order chi connectivity index (χ0) is 18.7. The van der Waals surface area contributed by atoms with Crippen LogP contribution in [0.15, 0.2) is 18.2 Å². The van der Waals surface area contributed by atoms with E-state index in [4.69, 9.17) is 4.74 Å². The van der Waals surface area contributed by atoms with Crippen LogP contribution in [0.1, 0.15) is 11.3 Å². The van der Waals surface area contributed by atoms with Crippen LogP contribution >= 0.6 is 0 Å². The number of ether oxygens (including phenoxy) is 1. The number of halogens is 3. The van der Waals surface area contributed by atoms with Gasteiger partial charge in [-0.05, 0) is 25.1 Å². The minimum absolute atomic E-state index is 0.00806. The molecule has 2 aromatic rings. The number of aromatic hydroxyl groups is 1. The van der Waals surface area contributed by atoms with E-state index in [2.05, 4.69) is 25.8 Å². The van der Waals surface area contributed by atoms with E-state index in [0.29, 0.717) is 24.9 Å². The zero-order valence-corrected chi connectivity index (χ0v) is 14.0. The number of aryl methyl sites for hydroxylation is 1. The third kappa shape index (κ3) is 4.20. The predicted octanol–water partition coefficient (Wildman–Crippen LogP) is 1.97. The third-order valence-electron chi connectivity index (χ3n) is 3.93. The minimum Gasteiger partial charge on any atom is -0.507 e. The van der Waals surface area contributed by atoms with Crippen LogP contribution < -0.4 is 10.6 Å². The zero-order valence-electron chi connectivity index (χ0n) is 14.0. The molecule has 0 radical (unpaired) electrons. The van der Waals surface area contributed by atoms with E-state index in [-0.39, 0.29) is 23.3 Å². The fourth-order valence-corrected chi connectivity index (χ4v) is 2.59. The molecule has 0 saturated carbocycles. The SMILES string of the molecule is Cc1nc(NC[C@H]2CNCCO2)nnc1-c1ccc(C(F)(F)F)cc1O. The van der Waals surface area contributed by atoms with Gasteiger partial charge in [-0.2, -0.15) is 13.2 Å². The first-order valence-corrected chi connectivity index (χ1v) is 8.02. The third-order valence-corrected chi connectivity index (χ3v) is 3.93. The van der Waals surface area contributed by atoms with Gasteiger partial charge in [-0.15, -0.1) is 10.2 Å². The van der Waals surface area contributed by atoms with Gasteiger partial charge in [0.1, 0.15) is 11.4 Å². The molecule has 1 aromatic heterocycles. The van der Waals surface area contributed by atoms with Crippen LogP contribution in [0.5, 0.6) is 5.75 Å². The number of rotatable bonds is 4. The Morgan fingerprint density at radius 3 is 2.77 bits per heavy atom. The molecule has 10 heteroatoms. The number of benzene rings is 1. The van der Waals surface area contributed by atoms with E-state index in [9.17, 15) is 18.3 Å². The average molecular weight is 369 g/mol. The van der Waals surface area contributed by atoms with Gasteiger partial charge in [0.25, 0.3) is 0 Å². The van der Waals surface area contributed by atoms with E-state index in [1.54, 1.807) is 6.92 Å². The molecule has 0 spiro atoms. The number of nitrogens with one attached hydrogen (secondary N) is 2. The summed E-state index contributed by atoms with van der Waals surface area (Å²) in [5.74, 6) is -0.242. The maximum absolute atomic E-state index is 12.7. The molecular formula is C16H18F3N5O2. The highest BCUT2D eigenvalue weighted by Crippen LogP contribution is 2.36. The second kappa shape index (κ2) is 7.42. The van der Waals surface area contributed by atoms with Crippen LogP contribution in [-0.2, 0) is 10.9 Å². The molecular weight excluding hydrogens is 351 g/mol. The molecule has 1 aliphatic heterocycles. The van der Waals surface area contributed by atoms with Crippen molar-refractivity contribution in [2.45, 2.75) is 19.2 Å². The van der Waals surface area contributed by atoms with Crippen LogP contribution in [0.3, 0.4) is 0 Å². The van der Waals surface area contributed by atoms with Crippen LogP contribution in [0.25, 0.3) is 11.3 Å². The lowest BCUT2D eigenvalue weighted by molar-refractivity contribution is -0.137. The van der Waals surface area contributed by atoms with Gasteiger partial charge in [0.05, 0.1) is 24.0 Å². The Morgan fingerprint density at radius 1 is 1.35 bits per heavy atom. The summed E-state index contributed by atoms with van der Waals surface area (Å²) in [6, 6.07) is 2.71. The van der Waals surface area contributed by atoms with Crippen LogP contribution in [0.4, 0.5) is 19.1 Å². The van der Waals surface area contributed by atoms with Gasteiger partial charge in [-0.1, -0.05) is 0 Å². The molecule has 1 aliphatic rings. The number of phenols is 1. The van der Waals surface area contributed by atoms with Crippen molar-refractivity contribution in [2.24, 2.45) is 0 Å². The van der Waals surface area contributed by atoms with Gasteiger partial charge in [-0.3, -0.25) is 0 Å². The summed E-state index contributed by atoms with van der Waals surface area (Å²) in [5.41, 5.74) is -0.142. The minimum atomic E-state index is -4.53. The number of hydrogen-bond donors (Lipinski definition) is 3. The monoisotopic (exact) mass is 369 g/mol. The standard InChI is InChI=1S/C16H18F3N5O2/c1-9-14(12-3-2-10(6-13(12)25)16(17,18)19)23-24-15(22-9)21-8-11-7-20-4-5-26-11/h2-3,6,11,20,25H,4-5,7-8H2,1H3,(H,21,22,24)/t11-/m1/s1.